The van der Waals surface area contributed by atoms with Crippen molar-refractivity contribution in [3.05, 3.63) is 12.4 Å². The summed E-state index contributed by atoms with van der Waals surface area (Å²) in [5.41, 5.74) is -0.942. The molecule has 3 heterocycles. The normalized spacial score (nSPS) is 22.7. The zero-order chi connectivity index (χ0) is 22.4. The molecule has 0 aromatic carbocycles. The van der Waals surface area contributed by atoms with E-state index in [9.17, 15) is 4.79 Å². The molecule has 0 unspecified atom stereocenters. The Bertz CT molecular complexity index is 752. The molecule has 0 radical (unpaired) electrons. The third-order valence-corrected chi connectivity index (χ3v) is 6.15. The van der Waals surface area contributed by atoms with Gasteiger partial charge in [-0.1, -0.05) is 0 Å². The highest BCUT2D eigenvalue weighted by Gasteiger charge is 2.52. The van der Waals surface area contributed by atoms with Crippen LogP contribution in [0.3, 0.4) is 0 Å². The van der Waals surface area contributed by atoms with Crippen LogP contribution in [-0.4, -0.2) is 58.6 Å². The molecule has 0 saturated carbocycles. The van der Waals surface area contributed by atoms with Gasteiger partial charge in [0.2, 0.25) is 0 Å². The van der Waals surface area contributed by atoms with E-state index < -0.39 is 23.9 Å². The van der Waals surface area contributed by atoms with E-state index in [4.69, 9.17) is 14.0 Å². The van der Waals surface area contributed by atoms with Gasteiger partial charge < -0.3 is 24.3 Å². The molecular formula is C21H35BN4O4. The van der Waals surface area contributed by atoms with Crippen molar-refractivity contribution in [2.24, 2.45) is 0 Å². The molecule has 0 bridgehead atoms. The Morgan fingerprint density at radius 2 is 1.63 bits per heavy atom. The van der Waals surface area contributed by atoms with Gasteiger partial charge in [0.1, 0.15) is 11.4 Å². The number of ether oxygens (including phenoxy) is 1. The molecule has 0 spiro atoms. The highest BCUT2D eigenvalue weighted by molar-refractivity contribution is 6.61. The summed E-state index contributed by atoms with van der Waals surface area (Å²) in [6, 6.07) is 0. The van der Waals surface area contributed by atoms with Crippen LogP contribution in [0, 0.1) is 0 Å². The van der Waals surface area contributed by atoms with Gasteiger partial charge >= 0.3 is 13.2 Å². The van der Waals surface area contributed by atoms with E-state index in [0.29, 0.717) is 5.59 Å². The molecular weight excluding hydrogens is 383 g/mol. The van der Waals surface area contributed by atoms with Gasteiger partial charge in [-0.15, -0.1) is 0 Å². The average molecular weight is 418 g/mol. The second kappa shape index (κ2) is 7.68. The number of nitrogens with one attached hydrogen (secondary N) is 1. The number of aromatic nitrogens is 2. The van der Waals surface area contributed by atoms with Crippen LogP contribution in [0.5, 0.6) is 0 Å². The number of alkyl carbamates (subject to hydrolysis) is 1. The molecule has 9 heteroatoms. The van der Waals surface area contributed by atoms with Gasteiger partial charge in [-0.05, 0) is 68.2 Å². The van der Waals surface area contributed by atoms with Crippen molar-refractivity contribution in [1.29, 1.82) is 0 Å². The molecule has 1 aromatic heterocycles. The minimum absolute atomic E-state index is 0.297. The Morgan fingerprint density at radius 1 is 1.07 bits per heavy atom. The molecule has 2 aliphatic heterocycles. The summed E-state index contributed by atoms with van der Waals surface area (Å²) in [4.78, 5) is 23.5. The van der Waals surface area contributed by atoms with Crippen LogP contribution in [-0.2, 0) is 14.0 Å². The Balaban J connectivity index is 1.57. The molecule has 1 N–H and O–H groups in total. The standard InChI is InChI=1S/C21H35BN4O4/c1-18(2,3)28-17(27)25-21(8)9-11-26(12-10-21)16-14-23-15(13-24-16)22-29-19(4,5)20(6,7)30-22/h13-14H,9-12H2,1-8H3,(H,25,27). The first-order chi connectivity index (χ1) is 13.7. The summed E-state index contributed by atoms with van der Waals surface area (Å²) in [7, 11) is -0.515. The summed E-state index contributed by atoms with van der Waals surface area (Å²) in [6.07, 6.45) is 4.72. The van der Waals surface area contributed by atoms with E-state index in [0.717, 1.165) is 31.7 Å². The van der Waals surface area contributed by atoms with Gasteiger partial charge in [0.05, 0.1) is 23.0 Å². The lowest BCUT2D eigenvalue weighted by molar-refractivity contribution is 0.00578. The molecule has 1 aromatic rings. The van der Waals surface area contributed by atoms with Crippen LogP contribution in [0.25, 0.3) is 0 Å². The van der Waals surface area contributed by atoms with Crippen LogP contribution in [0.4, 0.5) is 10.6 Å². The third-order valence-electron chi connectivity index (χ3n) is 6.15. The maximum atomic E-state index is 12.1. The maximum absolute atomic E-state index is 12.1. The van der Waals surface area contributed by atoms with Crippen LogP contribution in [0.2, 0.25) is 0 Å². The molecule has 2 fully saturated rings. The number of rotatable bonds is 3. The minimum Gasteiger partial charge on any atom is -0.444 e. The van der Waals surface area contributed by atoms with Gasteiger partial charge in [-0.3, -0.25) is 4.98 Å². The van der Waals surface area contributed by atoms with Gasteiger partial charge in [-0.2, -0.15) is 0 Å². The number of anilines is 1. The number of carbonyl (C=O) groups excluding carboxylic acids is 1. The van der Waals surface area contributed by atoms with Crippen molar-refractivity contribution in [2.45, 2.75) is 90.6 Å². The smallest absolute Gasteiger partial charge is 0.444 e. The molecule has 30 heavy (non-hydrogen) atoms. The topological polar surface area (TPSA) is 85.8 Å². The summed E-state index contributed by atoms with van der Waals surface area (Å²) < 4.78 is 17.5. The van der Waals surface area contributed by atoms with E-state index >= 15 is 0 Å². The highest BCUT2D eigenvalue weighted by Crippen LogP contribution is 2.36. The van der Waals surface area contributed by atoms with E-state index in [1.165, 1.54) is 0 Å². The summed E-state index contributed by atoms with van der Waals surface area (Å²) >= 11 is 0. The molecule has 1 amide bonds. The third kappa shape index (κ3) is 5.06. The lowest BCUT2D eigenvalue weighted by atomic mass is 9.85. The summed E-state index contributed by atoms with van der Waals surface area (Å²) in [6.45, 7) is 17.3. The van der Waals surface area contributed by atoms with Crippen LogP contribution >= 0.6 is 0 Å². The molecule has 2 saturated heterocycles. The Hall–Kier alpha value is -1.87. The van der Waals surface area contributed by atoms with Gasteiger partial charge in [0.25, 0.3) is 0 Å². The number of hydrogen-bond acceptors (Lipinski definition) is 7. The van der Waals surface area contributed by atoms with Crippen molar-refractivity contribution >= 4 is 24.6 Å². The van der Waals surface area contributed by atoms with Crippen LogP contribution < -0.4 is 15.8 Å². The predicted molar refractivity (Wildman–Crippen MR) is 117 cm³/mol. The van der Waals surface area contributed by atoms with Crippen LogP contribution in [0.15, 0.2) is 12.4 Å². The fourth-order valence-corrected chi connectivity index (χ4v) is 3.48. The highest BCUT2D eigenvalue weighted by atomic mass is 16.7. The second-order valence-electron chi connectivity index (χ2n) is 10.6. The number of hydrogen-bond donors (Lipinski definition) is 1. The number of carbonyl (C=O) groups is 1. The first-order valence-corrected chi connectivity index (χ1v) is 10.6. The van der Waals surface area contributed by atoms with E-state index in [-0.39, 0.29) is 11.6 Å². The average Bonchev–Trinajstić information content (AvgIpc) is 2.81. The first-order valence-electron chi connectivity index (χ1n) is 10.6. The van der Waals surface area contributed by atoms with Crippen molar-refractivity contribution in [1.82, 2.24) is 15.3 Å². The minimum atomic E-state index is -0.515. The fraction of sp³-hybridized carbons (Fsp3) is 0.762. The van der Waals surface area contributed by atoms with E-state index in [2.05, 4.69) is 27.1 Å². The van der Waals surface area contributed by atoms with Gasteiger partial charge in [-0.25, -0.2) is 9.78 Å². The number of amides is 1. The summed E-state index contributed by atoms with van der Waals surface area (Å²) in [5.74, 6) is 0.814. The fourth-order valence-electron chi connectivity index (χ4n) is 3.48. The van der Waals surface area contributed by atoms with Gasteiger partial charge in [0.15, 0.2) is 0 Å². The Morgan fingerprint density at radius 3 is 2.10 bits per heavy atom. The second-order valence-corrected chi connectivity index (χ2v) is 10.6. The van der Waals surface area contributed by atoms with Crippen molar-refractivity contribution in [3.8, 4) is 0 Å². The molecule has 3 rings (SSSR count). The zero-order valence-corrected chi connectivity index (χ0v) is 19.5. The first kappa shape index (κ1) is 22.8. The van der Waals surface area contributed by atoms with Crippen LogP contribution in [0.1, 0.15) is 68.2 Å². The SMILES string of the molecule is CC1(NC(=O)OC(C)(C)C)CCN(c2cnc(B3OC(C)(C)C(C)(C)O3)cn2)CC1. The molecule has 166 valence electrons. The Kier molecular flexibility index (Phi) is 5.84. The molecule has 0 atom stereocenters. The van der Waals surface area contributed by atoms with Gasteiger partial charge in [0, 0.05) is 24.8 Å². The van der Waals surface area contributed by atoms with Crippen molar-refractivity contribution < 1.29 is 18.8 Å². The van der Waals surface area contributed by atoms with Crippen molar-refractivity contribution in [3.63, 3.8) is 0 Å². The Labute approximate surface area is 180 Å². The molecule has 0 aliphatic carbocycles. The number of piperidine rings is 1. The molecule has 2 aliphatic rings. The quantitative estimate of drug-likeness (QED) is 0.756. The zero-order valence-electron chi connectivity index (χ0n) is 19.5. The largest absolute Gasteiger partial charge is 0.516 e. The van der Waals surface area contributed by atoms with E-state index in [1.807, 2.05) is 48.5 Å². The number of nitrogens with zero attached hydrogens (tertiary/aromatic N) is 3. The lowest BCUT2D eigenvalue weighted by Gasteiger charge is -2.40. The molecule has 8 nitrogen and oxygen atoms in total. The maximum Gasteiger partial charge on any atom is 0.516 e. The summed E-state index contributed by atoms with van der Waals surface area (Å²) in [5, 5.41) is 3.03. The monoisotopic (exact) mass is 418 g/mol. The predicted octanol–water partition coefficient (Wildman–Crippen LogP) is 2.66. The lowest BCUT2D eigenvalue weighted by Crippen LogP contribution is -2.54. The van der Waals surface area contributed by atoms with E-state index in [1.54, 1.807) is 12.4 Å². The van der Waals surface area contributed by atoms with Crippen molar-refractivity contribution in [2.75, 3.05) is 18.0 Å².